The quantitative estimate of drug-likeness (QED) is 0.0421. The summed E-state index contributed by atoms with van der Waals surface area (Å²) in [4.78, 5) is 4.60. The van der Waals surface area contributed by atoms with Crippen molar-refractivity contribution in [3.05, 3.63) is 155 Å². The normalized spacial score (nSPS) is 14.2. The highest BCUT2D eigenvalue weighted by Gasteiger charge is 2.16. The zero-order chi connectivity index (χ0) is 31.1. The largest absolute Gasteiger partial charge is 0.292 e. The van der Waals surface area contributed by atoms with Gasteiger partial charge in [-0.2, -0.15) is 0 Å². The van der Waals surface area contributed by atoms with Crippen LogP contribution in [0.5, 0.6) is 0 Å². The number of aryl methyl sites for hydroxylation is 5. The lowest BCUT2D eigenvalue weighted by Gasteiger charge is -2.05. The zero-order valence-electron chi connectivity index (χ0n) is 26.2. The molecule has 7 rings (SSSR count). The molecule has 46 heavy (non-hydrogen) atoms. The van der Waals surface area contributed by atoms with Crippen LogP contribution in [0.15, 0.2) is 121 Å². The number of allylic oxidation sites excluding steroid dienone is 4. The van der Waals surface area contributed by atoms with Crippen LogP contribution in [0, 0.1) is 0 Å². The van der Waals surface area contributed by atoms with Crippen LogP contribution in [0.3, 0.4) is 0 Å². The first-order valence-corrected chi connectivity index (χ1v) is 18.7. The van der Waals surface area contributed by atoms with E-state index in [9.17, 15) is 0 Å². The molecule has 2 nitrogen and oxygen atoms in total. The number of hydrogen-bond donors (Lipinski definition) is 0. The summed E-state index contributed by atoms with van der Waals surface area (Å²) in [6, 6.07) is 27.0. The standard InChI is InChI=1S/C42H39N2S2/c1-2-31(9-11-33-13-15-37-19-17-35-5-3-7-39(33)41(35)37)21-24-43-25-29-45-46-30-28-44-26-22-32(23-27-44)10-12-34-14-16-38-20-18-36-6-4-8-40(34)42(36)38/h2-16,21-24,26-27H,1,17-20,25,28-30H2/q+1/b11-9+,12-10+,31-21+,43-24?. The minimum atomic E-state index is 0.810. The first kappa shape index (κ1) is 30.5. The first-order chi connectivity index (χ1) is 22.8. The molecule has 0 atom stereocenters. The molecule has 0 fully saturated rings. The van der Waals surface area contributed by atoms with E-state index in [1.54, 1.807) is 0 Å². The Morgan fingerprint density at radius 3 is 1.96 bits per heavy atom. The number of aromatic nitrogens is 1. The lowest BCUT2D eigenvalue weighted by Crippen LogP contribution is -2.33. The molecule has 0 unspecified atom stereocenters. The van der Waals surface area contributed by atoms with Gasteiger partial charge in [0.2, 0.25) is 0 Å². The summed E-state index contributed by atoms with van der Waals surface area (Å²) in [7, 11) is 3.81. The smallest absolute Gasteiger partial charge is 0.169 e. The average Bonchev–Trinajstić information content (AvgIpc) is 3.72. The Bertz CT molecular complexity index is 1990. The summed E-state index contributed by atoms with van der Waals surface area (Å²) in [6.07, 6.45) is 23.7. The molecule has 228 valence electrons. The van der Waals surface area contributed by atoms with Crippen LogP contribution in [0.4, 0.5) is 0 Å². The van der Waals surface area contributed by atoms with Crippen molar-refractivity contribution in [1.29, 1.82) is 0 Å². The maximum atomic E-state index is 4.60. The molecule has 0 amide bonds. The molecule has 2 aliphatic carbocycles. The number of nitrogens with zero attached hydrogens (tertiary/aromatic N) is 2. The molecule has 0 saturated heterocycles. The van der Waals surface area contributed by atoms with E-state index in [1.807, 2.05) is 40.0 Å². The van der Waals surface area contributed by atoms with Gasteiger partial charge in [0.05, 0.1) is 5.75 Å². The number of benzene rings is 4. The van der Waals surface area contributed by atoms with Gasteiger partial charge in [0.15, 0.2) is 18.9 Å². The van der Waals surface area contributed by atoms with Crippen LogP contribution in [0.1, 0.15) is 38.9 Å². The average molecular weight is 636 g/mol. The molecule has 0 saturated carbocycles. The van der Waals surface area contributed by atoms with E-state index in [0.29, 0.717) is 0 Å². The number of rotatable bonds is 13. The van der Waals surface area contributed by atoms with Gasteiger partial charge in [0, 0.05) is 30.6 Å². The zero-order valence-corrected chi connectivity index (χ0v) is 27.8. The first-order valence-electron chi connectivity index (χ1n) is 16.3. The van der Waals surface area contributed by atoms with Gasteiger partial charge in [-0.25, -0.2) is 4.57 Å². The molecule has 2 aliphatic rings. The molecule has 1 aromatic heterocycles. The lowest BCUT2D eigenvalue weighted by atomic mass is 9.99. The Balaban J connectivity index is 0.832. The molecular weight excluding hydrogens is 597 g/mol. The van der Waals surface area contributed by atoms with Crippen LogP contribution in [0.25, 0.3) is 39.8 Å². The highest BCUT2D eigenvalue weighted by molar-refractivity contribution is 8.76. The highest BCUT2D eigenvalue weighted by Crippen LogP contribution is 2.34. The Kier molecular flexibility index (Phi) is 9.65. The predicted octanol–water partition coefficient (Wildman–Crippen LogP) is 9.93. The Morgan fingerprint density at radius 2 is 1.30 bits per heavy atom. The van der Waals surface area contributed by atoms with Gasteiger partial charge in [-0.15, -0.1) is 0 Å². The van der Waals surface area contributed by atoms with E-state index in [4.69, 9.17) is 0 Å². The molecule has 4 aromatic carbocycles. The Labute approximate surface area is 280 Å². The third-order valence-corrected chi connectivity index (χ3v) is 11.4. The third kappa shape index (κ3) is 6.84. The van der Waals surface area contributed by atoms with Gasteiger partial charge >= 0.3 is 0 Å². The maximum absolute atomic E-state index is 4.60. The van der Waals surface area contributed by atoms with E-state index in [-0.39, 0.29) is 0 Å². The van der Waals surface area contributed by atoms with Crippen LogP contribution < -0.4 is 4.57 Å². The number of pyridine rings is 1. The maximum Gasteiger partial charge on any atom is 0.169 e. The molecule has 5 aromatic rings. The summed E-state index contributed by atoms with van der Waals surface area (Å²) in [5, 5.41) is 5.66. The fourth-order valence-corrected chi connectivity index (χ4v) is 8.54. The molecule has 0 N–H and O–H groups in total. The van der Waals surface area contributed by atoms with Gasteiger partial charge in [-0.05, 0) is 97.8 Å². The summed E-state index contributed by atoms with van der Waals surface area (Å²) in [5.41, 5.74) is 10.8. The second-order valence-corrected chi connectivity index (χ2v) is 14.6. The highest BCUT2D eigenvalue weighted by atomic mass is 33.1. The summed E-state index contributed by atoms with van der Waals surface area (Å²) in [6.45, 7) is 5.80. The van der Waals surface area contributed by atoms with Crippen molar-refractivity contribution in [3.63, 3.8) is 0 Å². The second kappa shape index (κ2) is 14.5. The monoisotopic (exact) mass is 635 g/mol. The van der Waals surface area contributed by atoms with E-state index >= 15 is 0 Å². The molecule has 4 heteroatoms. The molecule has 1 heterocycles. The van der Waals surface area contributed by atoms with Crippen LogP contribution in [-0.4, -0.2) is 24.3 Å². The van der Waals surface area contributed by atoms with Gasteiger partial charge in [-0.3, -0.25) is 4.99 Å². The summed E-state index contributed by atoms with van der Waals surface area (Å²) < 4.78 is 2.26. The Morgan fingerprint density at radius 1 is 0.696 bits per heavy atom. The van der Waals surface area contributed by atoms with Gasteiger partial charge in [-0.1, -0.05) is 119 Å². The Hall–Kier alpha value is -4.12. The van der Waals surface area contributed by atoms with E-state index < -0.39 is 0 Å². The summed E-state index contributed by atoms with van der Waals surface area (Å²) in [5.74, 6) is 2.07. The van der Waals surface area contributed by atoms with E-state index in [2.05, 4.69) is 126 Å². The molecule has 0 aliphatic heterocycles. The van der Waals surface area contributed by atoms with Gasteiger partial charge in [0.1, 0.15) is 0 Å². The van der Waals surface area contributed by atoms with Crippen LogP contribution in [0.2, 0.25) is 0 Å². The van der Waals surface area contributed by atoms with Crippen molar-refractivity contribution in [1.82, 2.24) is 0 Å². The van der Waals surface area contributed by atoms with Crippen molar-refractivity contribution < 1.29 is 4.57 Å². The van der Waals surface area contributed by atoms with Crippen molar-refractivity contribution >= 4 is 67.6 Å². The van der Waals surface area contributed by atoms with Gasteiger partial charge in [0.25, 0.3) is 0 Å². The topological polar surface area (TPSA) is 16.2 Å². The molecule has 0 radical (unpaired) electrons. The number of aliphatic imine (C=N–C) groups is 1. The lowest BCUT2D eigenvalue weighted by molar-refractivity contribution is -0.692. The molecule has 0 spiro atoms. The third-order valence-electron chi connectivity index (χ3n) is 9.08. The minimum absolute atomic E-state index is 0.810. The fraction of sp³-hybridized carbons (Fsp3) is 0.190. The SMILES string of the molecule is C=CC(/C=C/c1ccc2c3c(cccc13)CC2)=C\C=NCCSSCC[n+]1ccc(/C=C/c2ccc3c4c(cccc24)CC3)cc1. The van der Waals surface area contributed by atoms with Crippen LogP contribution >= 0.6 is 21.6 Å². The van der Waals surface area contributed by atoms with E-state index in [0.717, 1.165) is 43.0 Å². The minimum Gasteiger partial charge on any atom is -0.292 e. The summed E-state index contributed by atoms with van der Waals surface area (Å²) >= 11 is 0. The van der Waals surface area contributed by atoms with Crippen molar-refractivity contribution in [2.45, 2.75) is 32.2 Å². The van der Waals surface area contributed by atoms with Crippen molar-refractivity contribution in [2.75, 3.05) is 18.1 Å². The second-order valence-electron chi connectivity index (χ2n) is 11.9. The molecule has 0 bridgehead atoms. The van der Waals surface area contributed by atoms with Gasteiger partial charge < -0.3 is 0 Å². The van der Waals surface area contributed by atoms with Crippen LogP contribution in [-0.2, 0) is 32.2 Å². The predicted molar refractivity (Wildman–Crippen MR) is 204 cm³/mol. The number of hydrogen-bond acceptors (Lipinski definition) is 3. The van der Waals surface area contributed by atoms with E-state index in [1.165, 1.54) is 73.3 Å². The van der Waals surface area contributed by atoms with Crippen molar-refractivity contribution in [3.8, 4) is 0 Å². The fourth-order valence-electron chi connectivity index (χ4n) is 6.69. The molecular formula is C42H39N2S2+. The van der Waals surface area contributed by atoms with Crippen molar-refractivity contribution in [2.24, 2.45) is 4.99 Å².